The third kappa shape index (κ3) is 4.34. The molecule has 0 aliphatic rings. The minimum atomic E-state index is -0.245. The summed E-state index contributed by atoms with van der Waals surface area (Å²) in [5.41, 5.74) is 2.70. The molecule has 0 aliphatic heterocycles. The maximum atomic E-state index is 9.59. The predicted molar refractivity (Wildman–Crippen MR) is 76.9 cm³/mol. The minimum absolute atomic E-state index is 0.245. The van der Waals surface area contributed by atoms with Crippen molar-refractivity contribution < 1.29 is 9.53 Å². The van der Waals surface area contributed by atoms with Crippen LogP contribution in [-0.2, 0) is 9.53 Å². The maximum absolute atomic E-state index is 9.59. The summed E-state index contributed by atoms with van der Waals surface area (Å²) in [6, 6.07) is 12.8. The molecule has 0 radical (unpaired) electrons. The number of methoxy groups -OCH3 is 1. The van der Waals surface area contributed by atoms with Crippen molar-refractivity contribution in [3.05, 3.63) is 46.2 Å². The Morgan fingerprint density at radius 1 is 1.17 bits per heavy atom. The summed E-state index contributed by atoms with van der Waals surface area (Å²) in [7, 11) is 1.35. The number of rotatable bonds is 1. The van der Waals surface area contributed by atoms with Gasteiger partial charge in [0, 0.05) is 16.7 Å². The van der Waals surface area contributed by atoms with Crippen molar-refractivity contribution in [2.45, 2.75) is 20.8 Å². The smallest absolute Gasteiger partial charge is 0.302 e. The summed E-state index contributed by atoms with van der Waals surface area (Å²) < 4.78 is 4.11. The maximum Gasteiger partial charge on any atom is 0.302 e. The topological polar surface area (TPSA) is 26.3 Å². The number of carbonyl (C=O) groups excluding carboxylic acids is 1. The zero-order valence-corrected chi connectivity index (χ0v) is 12.0. The van der Waals surface area contributed by atoms with Gasteiger partial charge in [-0.25, -0.2) is 0 Å². The first-order valence-corrected chi connectivity index (χ1v) is 6.53. The van der Waals surface area contributed by atoms with Crippen LogP contribution >= 0.6 is 11.3 Å². The van der Waals surface area contributed by atoms with Gasteiger partial charge >= 0.3 is 5.97 Å². The number of ether oxygens (including phenoxy) is 1. The van der Waals surface area contributed by atoms with E-state index in [-0.39, 0.29) is 5.97 Å². The standard InChI is InChI=1S/C12H12S.C3H6O2/c1-9-8-12(10(2)13-9)11-6-4-3-5-7-11;1-3(4)5-2/h3-8H,1-2H3;1-2H3. The molecule has 0 saturated carbocycles. The molecule has 0 fully saturated rings. The van der Waals surface area contributed by atoms with Gasteiger partial charge in [0.1, 0.15) is 0 Å². The fourth-order valence-corrected chi connectivity index (χ4v) is 2.48. The molecule has 0 amide bonds. The Balaban J connectivity index is 0.000000280. The molecular formula is C15H18O2S. The molecule has 1 heterocycles. The largest absolute Gasteiger partial charge is 0.469 e. The monoisotopic (exact) mass is 262 g/mol. The van der Waals surface area contributed by atoms with Gasteiger partial charge in [-0.05, 0) is 31.0 Å². The molecule has 0 N–H and O–H groups in total. The average molecular weight is 262 g/mol. The second-order valence-electron chi connectivity index (χ2n) is 3.89. The van der Waals surface area contributed by atoms with Crippen LogP contribution in [0.15, 0.2) is 36.4 Å². The highest BCUT2D eigenvalue weighted by Crippen LogP contribution is 2.29. The predicted octanol–water partition coefficient (Wildman–Crippen LogP) is 4.21. The fraction of sp³-hybridized carbons (Fsp3) is 0.267. The number of hydrogen-bond donors (Lipinski definition) is 0. The molecule has 96 valence electrons. The van der Waals surface area contributed by atoms with Crippen LogP contribution in [0.2, 0.25) is 0 Å². The van der Waals surface area contributed by atoms with Gasteiger partial charge in [0.15, 0.2) is 0 Å². The van der Waals surface area contributed by atoms with Crippen LogP contribution in [0.5, 0.6) is 0 Å². The molecule has 0 unspecified atom stereocenters. The van der Waals surface area contributed by atoms with Crippen LogP contribution in [0.4, 0.5) is 0 Å². The first kappa shape index (κ1) is 14.5. The quantitative estimate of drug-likeness (QED) is 0.720. The third-order valence-electron chi connectivity index (χ3n) is 2.41. The third-order valence-corrected chi connectivity index (χ3v) is 3.38. The molecule has 1 aromatic heterocycles. The molecule has 0 bridgehead atoms. The van der Waals surface area contributed by atoms with E-state index in [1.807, 2.05) is 11.3 Å². The number of esters is 1. The van der Waals surface area contributed by atoms with E-state index in [0.29, 0.717) is 0 Å². The lowest BCUT2D eigenvalue weighted by Gasteiger charge is -1.97. The normalized spacial score (nSPS) is 9.33. The summed E-state index contributed by atoms with van der Waals surface area (Å²) in [5.74, 6) is -0.245. The fourth-order valence-electron chi connectivity index (χ4n) is 1.54. The molecule has 2 nitrogen and oxygen atoms in total. The van der Waals surface area contributed by atoms with Crippen LogP contribution in [0.1, 0.15) is 16.7 Å². The van der Waals surface area contributed by atoms with E-state index < -0.39 is 0 Å². The molecular weight excluding hydrogens is 244 g/mol. The van der Waals surface area contributed by atoms with Gasteiger partial charge in [-0.1, -0.05) is 30.3 Å². The highest BCUT2D eigenvalue weighted by atomic mass is 32.1. The van der Waals surface area contributed by atoms with Crippen molar-refractivity contribution in [1.29, 1.82) is 0 Å². The Labute approximate surface area is 112 Å². The highest BCUT2D eigenvalue weighted by Gasteiger charge is 2.03. The first-order valence-electron chi connectivity index (χ1n) is 5.71. The van der Waals surface area contributed by atoms with E-state index in [1.165, 1.54) is 34.9 Å². The van der Waals surface area contributed by atoms with Crippen molar-refractivity contribution in [3.8, 4) is 11.1 Å². The second-order valence-corrected chi connectivity index (χ2v) is 5.35. The van der Waals surface area contributed by atoms with Crippen molar-refractivity contribution in [1.82, 2.24) is 0 Å². The number of thiophene rings is 1. The molecule has 1 aromatic carbocycles. The van der Waals surface area contributed by atoms with E-state index in [4.69, 9.17) is 0 Å². The van der Waals surface area contributed by atoms with Crippen LogP contribution in [0, 0.1) is 13.8 Å². The van der Waals surface area contributed by atoms with Gasteiger partial charge in [0.25, 0.3) is 0 Å². The zero-order valence-electron chi connectivity index (χ0n) is 11.2. The van der Waals surface area contributed by atoms with Gasteiger partial charge in [0.2, 0.25) is 0 Å². The SMILES string of the molecule is COC(C)=O.Cc1cc(-c2ccccc2)c(C)s1. The second kappa shape index (κ2) is 6.97. The van der Waals surface area contributed by atoms with Crippen LogP contribution in [0.3, 0.4) is 0 Å². The van der Waals surface area contributed by atoms with Crippen LogP contribution in [0.25, 0.3) is 11.1 Å². The Bertz CT molecular complexity index is 500. The van der Waals surface area contributed by atoms with Crippen molar-refractivity contribution >= 4 is 17.3 Å². The van der Waals surface area contributed by atoms with Gasteiger partial charge < -0.3 is 4.74 Å². The van der Waals surface area contributed by atoms with Crippen molar-refractivity contribution in [3.63, 3.8) is 0 Å². The van der Waals surface area contributed by atoms with Gasteiger partial charge in [-0.15, -0.1) is 11.3 Å². The number of carbonyl (C=O) groups is 1. The molecule has 3 heteroatoms. The number of hydrogen-bond acceptors (Lipinski definition) is 3. The van der Waals surface area contributed by atoms with Gasteiger partial charge in [-0.2, -0.15) is 0 Å². The lowest BCUT2D eigenvalue weighted by atomic mass is 10.1. The Hall–Kier alpha value is -1.61. The van der Waals surface area contributed by atoms with Crippen LogP contribution in [-0.4, -0.2) is 13.1 Å². The molecule has 0 aliphatic carbocycles. The summed E-state index contributed by atoms with van der Waals surface area (Å²) in [4.78, 5) is 12.4. The Kier molecular flexibility index (Phi) is 5.59. The van der Waals surface area contributed by atoms with E-state index in [9.17, 15) is 4.79 Å². The zero-order chi connectivity index (χ0) is 13.5. The summed E-state index contributed by atoms with van der Waals surface area (Å²) in [5, 5.41) is 0. The first-order chi connectivity index (χ1) is 8.54. The minimum Gasteiger partial charge on any atom is -0.469 e. The van der Waals surface area contributed by atoms with Crippen molar-refractivity contribution in [2.75, 3.05) is 7.11 Å². The van der Waals surface area contributed by atoms with E-state index in [0.717, 1.165) is 0 Å². The van der Waals surface area contributed by atoms with E-state index in [1.54, 1.807) is 0 Å². The lowest BCUT2D eigenvalue weighted by molar-refractivity contribution is -0.137. The molecule has 0 atom stereocenters. The number of aryl methyl sites for hydroxylation is 2. The molecule has 2 aromatic rings. The highest BCUT2D eigenvalue weighted by molar-refractivity contribution is 7.12. The van der Waals surface area contributed by atoms with E-state index in [2.05, 4.69) is 55.0 Å². The summed E-state index contributed by atoms with van der Waals surface area (Å²) in [6.07, 6.45) is 0. The molecule has 0 saturated heterocycles. The average Bonchev–Trinajstić information content (AvgIpc) is 2.70. The van der Waals surface area contributed by atoms with E-state index >= 15 is 0 Å². The van der Waals surface area contributed by atoms with Gasteiger partial charge in [-0.3, -0.25) is 4.79 Å². The summed E-state index contributed by atoms with van der Waals surface area (Å²) in [6.45, 7) is 5.70. The molecule has 2 rings (SSSR count). The lowest BCUT2D eigenvalue weighted by Crippen LogP contribution is -1.88. The Morgan fingerprint density at radius 3 is 2.11 bits per heavy atom. The Morgan fingerprint density at radius 2 is 1.72 bits per heavy atom. The van der Waals surface area contributed by atoms with Crippen LogP contribution < -0.4 is 0 Å². The van der Waals surface area contributed by atoms with Crippen molar-refractivity contribution in [2.24, 2.45) is 0 Å². The number of benzene rings is 1. The molecule has 0 spiro atoms. The molecule has 18 heavy (non-hydrogen) atoms. The summed E-state index contributed by atoms with van der Waals surface area (Å²) >= 11 is 1.86. The van der Waals surface area contributed by atoms with Gasteiger partial charge in [0.05, 0.1) is 7.11 Å².